The second-order valence-corrected chi connectivity index (χ2v) is 13.8. The average molecular weight is 688 g/mol. The summed E-state index contributed by atoms with van der Waals surface area (Å²) in [5.41, 5.74) is 0.564. The van der Waals surface area contributed by atoms with Gasteiger partial charge in [0.2, 0.25) is 11.1 Å². The van der Waals surface area contributed by atoms with E-state index in [1.54, 1.807) is 44.1 Å². The molecule has 0 aliphatic carbocycles. The highest BCUT2D eigenvalue weighted by Gasteiger charge is 2.42. The SMILES string of the molecule is CC(C)OC(=O)[C@H](Cc1ccc(OC(=O)N2CCN(c3ccccn3)CC2)c(Cl)c1)NC(=O)[C@@H]1CCCN1S(=O)(=O)c1nccn1C. The van der Waals surface area contributed by atoms with Gasteiger partial charge in [-0.15, -0.1) is 0 Å². The van der Waals surface area contributed by atoms with Crippen molar-refractivity contribution in [3.05, 3.63) is 65.6 Å². The monoisotopic (exact) mass is 687 g/mol. The molecule has 14 nitrogen and oxygen atoms in total. The molecule has 0 bridgehead atoms. The van der Waals surface area contributed by atoms with E-state index in [9.17, 15) is 22.8 Å². The number of carbonyl (C=O) groups excluding carboxylic acids is 3. The van der Waals surface area contributed by atoms with Gasteiger partial charge in [0.15, 0.2) is 5.75 Å². The first-order valence-corrected chi connectivity index (χ1v) is 17.2. The molecule has 2 aliphatic heterocycles. The number of aromatic nitrogens is 3. The van der Waals surface area contributed by atoms with Gasteiger partial charge in [0.05, 0.1) is 11.1 Å². The maximum absolute atomic E-state index is 13.5. The summed E-state index contributed by atoms with van der Waals surface area (Å²) in [6.45, 7) is 5.63. The average Bonchev–Trinajstić information content (AvgIpc) is 3.73. The van der Waals surface area contributed by atoms with Crippen LogP contribution in [0.25, 0.3) is 0 Å². The number of ether oxygens (including phenoxy) is 2. The van der Waals surface area contributed by atoms with E-state index in [1.807, 2.05) is 18.2 Å². The second kappa shape index (κ2) is 14.7. The normalized spacial score (nSPS) is 17.9. The number of piperazine rings is 1. The number of hydrogen-bond acceptors (Lipinski definition) is 10. The summed E-state index contributed by atoms with van der Waals surface area (Å²) >= 11 is 6.51. The molecule has 252 valence electrons. The van der Waals surface area contributed by atoms with E-state index in [1.165, 1.54) is 23.0 Å². The standard InChI is InChI=1S/C31H38ClN7O7S/c1-21(2)45-29(41)24(35-28(40)25-7-6-13-39(25)47(43,44)30-34-12-14-36(30)3)20-22-9-10-26(23(32)19-22)46-31(42)38-17-15-37(16-18-38)27-8-4-5-11-33-27/h4-5,8-12,14,19,21,24-25H,6-7,13,15-18,20H2,1-3H3,(H,35,40)/t24-,25-/m0/s1. The van der Waals surface area contributed by atoms with E-state index in [2.05, 4.69) is 20.2 Å². The van der Waals surface area contributed by atoms with E-state index in [4.69, 9.17) is 21.1 Å². The molecular formula is C31H38ClN7O7S. The molecule has 2 aromatic heterocycles. The van der Waals surface area contributed by atoms with Crippen molar-refractivity contribution in [2.24, 2.45) is 7.05 Å². The third kappa shape index (κ3) is 8.03. The van der Waals surface area contributed by atoms with Crippen molar-refractivity contribution >= 4 is 45.4 Å². The molecule has 1 aromatic carbocycles. The fourth-order valence-corrected chi connectivity index (χ4v) is 7.55. The van der Waals surface area contributed by atoms with Gasteiger partial charge >= 0.3 is 12.1 Å². The summed E-state index contributed by atoms with van der Waals surface area (Å²) in [6, 6.07) is 8.25. The molecule has 2 amide bonds. The lowest BCUT2D eigenvalue weighted by Gasteiger charge is -2.34. The Morgan fingerprint density at radius 2 is 1.81 bits per heavy atom. The van der Waals surface area contributed by atoms with Crippen LogP contribution < -0.4 is 15.0 Å². The number of rotatable bonds is 10. The maximum Gasteiger partial charge on any atom is 0.415 e. The summed E-state index contributed by atoms with van der Waals surface area (Å²) in [7, 11) is -2.50. The van der Waals surface area contributed by atoms with Crippen LogP contribution in [0, 0.1) is 0 Å². The number of pyridine rings is 1. The maximum atomic E-state index is 13.5. The fourth-order valence-electron chi connectivity index (χ4n) is 5.58. The van der Waals surface area contributed by atoms with Crippen molar-refractivity contribution in [1.82, 2.24) is 29.1 Å². The molecule has 5 rings (SSSR count). The van der Waals surface area contributed by atoms with E-state index >= 15 is 0 Å². The Morgan fingerprint density at radius 1 is 1.04 bits per heavy atom. The minimum Gasteiger partial charge on any atom is -0.461 e. The van der Waals surface area contributed by atoms with Gasteiger partial charge in [-0.2, -0.15) is 4.31 Å². The molecule has 4 heterocycles. The van der Waals surface area contributed by atoms with Crippen molar-refractivity contribution < 1.29 is 32.3 Å². The van der Waals surface area contributed by atoms with Crippen LogP contribution in [0.3, 0.4) is 0 Å². The molecule has 2 fully saturated rings. The molecule has 2 aliphatic rings. The van der Waals surface area contributed by atoms with Crippen LogP contribution in [0.1, 0.15) is 32.3 Å². The number of nitrogens with one attached hydrogen (secondary N) is 1. The molecule has 1 N–H and O–H groups in total. The largest absolute Gasteiger partial charge is 0.461 e. The number of imidazole rings is 1. The highest BCUT2D eigenvalue weighted by Crippen LogP contribution is 2.28. The van der Waals surface area contributed by atoms with Crippen LogP contribution >= 0.6 is 11.6 Å². The lowest BCUT2D eigenvalue weighted by Crippen LogP contribution is -2.52. The first-order chi connectivity index (χ1) is 22.4. The quantitative estimate of drug-likeness (QED) is 0.315. The number of carbonyl (C=O) groups is 3. The Bertz CT molecular complexity index is 1690. The van der Waals surface area contributed by atoms with Gasteiger partial charge in [-0.1, -0.05) is 23.7 Å². The molecule has 47 heavy (non-hydrogen) atoms. The van der Waals surface area contributed by atoms with E-state index in [0.29, 0.717) is 38.2 Å². The molecule has 3 aromatic rings. The van der Waals surface area contributed by atoms with Crippen LogP contribution in [0.2, 0.25) is 5.02 Å². The van der Waals surface area contributed by atoms with E-state index in [0.717, 1.165) is 10.1 Å². The van der Waals surface area contributed by atoms with Crippen LogP contribution in [0.4, 0.5) is 10.6 Å². The zero-order valence-electron chi connectivity index (χ0n) is 26.4. The zero-order chi connectivity index (χ0) is 33.7. The molecule has 2 atom stereocenters. The van der Waals surface area contributed by atoms with Crippen molar-refractivity contribution in [2.45, 2.75) is 56.5 Å². The van der Waals surface area contributed by atoms with Gasteiger partial charge in [0.25, 0.3) is 10.0 Å². The summed E-state index contributed by atoms with van der Waals surface area (Å²) in [6.07, 6.45) is 4.38. The third-order valence-electron chi connectivity index (χ3n) is 7.92. The van der Waals surface area contributed by atoms with Crippen LogP contribution in [-0.2, 0) is 37.8 Å². The minimum atomic E-state index is -4.06. The Balaban J connectivity index is 1.23. The zero-order valence-corrected chi connectivity index (χ0v) is 28.0. The predicted octanol–water partition coefficient (Wildman–Crippen LogP) is 2.62. The molecule has 0 saturated carbocycles. The highest BCUT2D eigenvalue weighted by atomic mass is 35.5. The summed E-state index contributed by atoms with van der Waals surface area (Å²) in [5, 5.41) is 2.68. The number of amides is 2. The van der Waals surface area contributed by atoms with Crippen molar-refractivity contribution in [2.75, 3.05) is 37.6 Å². The van der Waals surface area contributed by atoms with Gasteiger partial charge in [0, 0.05) is 64.8 Å². The lowest BCUT2D eigenvalue weighted by molar-refractivity contribution is -0.151. The number of nitrogens with zero attached hydrogens (tertiary/aromatic N) is 6. The van der Waals surface area contributed by atoms with Crippen molar-refractivity contribution in [3.63, 3.8) is 0 Å². The molecule has 2 saturated heterocycles. The summed E-state index contributed by atoms with van der Waals surface area (Å²) < 4.78 is 40.1. The first-order valence-electron chi connectivity index (χ1n) is 15.3. The van der Waals surface area contributed by atoms with Crippen molar-refractivity contribution in [1.29, 1.82) is 0 Å². The number of hydrogen-bond donors (Lipinski definition) is 1. The molecule has 0 radical (unpaired) electrons. The molecular weight excluding hydrogens is 650 g/mol. The summed E-state index contributed by atoms with van der Waals surface area (Å²) in [4.78, 5) is 51.5. The lowest BCUT2D eigenvalue weighted by atomic mass is 10.0. The van der Waals surface area contributed by atoms with Crippen LogP contribution in [-0.4, -0.2) is 101 Å². The van der Waals surface area contributed by atoms with Crippen molar-refractivity contribution in [3.8, 4) is 5.75 Å². The van der Waals surface area contributed by atoms with Gasteiger partial charge in [-0.3, -0.25) is 4.79 Å². The van der Waals surface area contributed by atoms with Gasteiger partial charge < -0.3 is 29.2 Å². The second-order valence-electron chi connectivity index (χ2n) is 11.6. The number of aryl methyl sites for hydroxylation is 1. The number of sulfonamides is 1. The molecule has 0 spiro atoms. The molecule has 0 unspecified atom stereocenters. The van der Waals surface area contributed by atoms with Crippen LogP contribution in [0.15, 0.2) is 60.1 Å². The smallest absolute Gasteiger partial charge is 0.415 e. The number of benzene rings is 1. The Morgan fingerprint density at radius 3 is 2.45 bits per heavy atom. The first kappa shape index (κ1) is 34.1. The van der Waals surface area contributed by atoms with Gasteiger partial charge in [-0.25, -0.2) is 28.0 Å². The highest BCUT2D eigenvalue weighted by molar-refractivity contribution is 7.89. The number of anilines is 1. The Hall–Kier alpha value is -4.21. The Labute approximate surface area is 278 Å². The van der Waals surface area contributed by atoms with E-state index in [-0.39, 0.29) is 35.3 Å². The Kier molecular flexibility index (Phi) is 10.7. The van der Waals surface area contributed by atoms with Gasteiger partial charge in [0.1, 0.15) is 17.9 Å². The fraction of sp³-hybridized carbons (Fsp3) is 0.452. The topological polar surface area (TPSA) is 156 Å². The summed E-state index contributed by atoms with van der Waals surface area (Å²) in [5.74, 6) is -0.299. The third-order valence-corrected chi connectivity index (χ3v) is 10.1. The predicted molar refractivity (Wildman–Crippen MR) is 172 cm³/mol. The molecule has 16 heteroatoms. The number of halogens is 1. The van der Waals surface area contributed by atoms with Gasteiger partial charge in [-0.05, 0) is 56.5 Å². The minimum absolute atomic E-state index is 0.000439. The van der Waals surface area contributed by atoms with E-state index < -0.39 is 46.2 Å². The van der Waals surface area contributed by atoms with Crippen LogP contribution in [0.5, 0.6) is 5.75 Å². The number of esters is 1.